The molecule has 6 heteroatoms. The summed E-state index contributed by atoms with van der Waals surface area (Å²) in [6.07, 6.45) is -0.426. The van der Waals surface area contributed by atoms with Crippen molar-refractivity contribution in [2.75, 3.05) is 0 Å². The smallest absolute Gasteiger partial charge is 0.307 e. The molecule has 1 aromatic rings. The average molecular weight is 213 g/mol. The van der Waals surface area contributed by atoms with E-state index in [-0.39, 0.29) is 11.1 Å². The number of nitro benzene ring substituents is 1. The maximum Gasteiger partial charge on any atom is 0.307 e. The quantitative estimate of drug-likeness (QED) is 0.611. The van der Waals surface area contributed by atoms with Gasteiger partial charge in [0.1, 0.15) is 5.82 Å². The van der Waals surface area contributed by atoms with Gasteiger partial charge in [0.2, 0.25) is 0 Å². The first-order valence-corrected chi connectivity index (χ1v) is 4.07. The molecule has 0 spiro atoms. The van der Waals surface area contributed by atoms with Crippen molar-refractivity contribution >= 4 is 11.7 Å². The van der Waals surface area contributed by atoms with Gasteiger partial charge >= 0.3 is 5.97 Å². The molecule has 0 aliphatic carbocycles. The molecule has 0 aliphatic heterocycles. The van der Waals surface area contributed by atoms with E-state index in [9.17, 15) is 19.3 Å². The molecule has 1 rings (SSSR count). The summed E-state index contributed by atoms with van der Waals surface area (Å²) in [6.45, 7) is 1.39. The van der Waals surface area contributed by atoms with E-state index in [1.165, 1.54) is 6.92 Å². The number of nitrogens with zero attached hydrogens (tertiary/aromatic N) is 1. The maximum atomic E-state index is 13.2. The number of nitro groups is 1. The van der Waals surface area contributed by atoms with Crippen molar-refractivity contribution in [1.29, 1.82) is 0 Å². The van der Waals surface area contributed by atoms with Crippen LogP contribution in [0, 0.1) is 22.9 Å². The van der Waals surface area contributed by atoms with Crippen LogP contribution in [0.3, 0.4) is 0 Å². The number of rotatable bonds is 3. The SMILES string of the molecule is Cc1c(F)cc([N+](=O)[O-])cc1CC(=O)O. The van der Waals surface area contributed by atoms with E-state index < -0.39 is 28.8 Å². The minimum absolute atomic E-state index is 0.120. The Bertz CT molecular complexity index is 430. The van der Waals surface area contributed by atoms with Crippen LogP contribution in [-0.4, -0.2) is 16.0 Å². The summed E-state index contributed by atoms with van der Waals surface area (Å²) in [4.78, 5) is 20.1. The molecule has 0 radical (unpaired) electrons. The lowest BCUT2D eigenvalue weighted by Gasteiger charge is -2.03. The van der Waals surface area contributed by atoms with Gasteiger partial charge in [-0.25, -0.2) is 4.39 Å². The Morgan fingerprint density at radius 1 is 1.60 bits per heavy atom. The molecular formula is C9H8FNO4. The molecule has 0 aromatic heterocycles. The number of benzene rings is 1. The van der Waals surface area contributed by atoms with Crippen LogP contribution < -0.4 is 0 Å². The van der Waals surface area contributed by atoms with Gasteiger partial charge in [0.15, 0.2) is 0 Å². The van der Waals surface area contributed by atoms with E-state index in [1.54, 1.807) is 0 Å². The fourth-order valence-corrected chi connectivity index (χ4v) is 1.17. The van der Waals surface area contributed by atoms with Crippen LogP contribution in [0.2, 0.25) is 0 Å². The number of hydrogen-bond donors (Lipinski definition) is 1. The molecule has 0 heterocycles. The highest BCUT2D eigenvalue weighted by molar-refractivity contribution is 5.71. The Morgan fingerprint density at radius 2 is 2.20 bits per heavy atom. The average Bonchev–Trinajstić information content (AvgIpc) is 2.11. The Labute approximate surface area is 84.3 Å². The lowest BCUT2D eigenvalue weighted by atomic mass is 10.0. The Balaban J connectivity index is 3.24. The first kappa shape index (κ1) is 11.1. The minimum atomic E-state index is -1.15. The van der Waals surface area contributed by atoms with Gasteiger partial charge in [0.05, 0.1) is 17.4 Å². The molecule has 0 saturated carbocycles. The Kier molecular flexibility index (Phi) is 2.99. The number of halogens is 1. The first-order valence-electron chi connectivity index (χ1n) is 4.07. The van der Waals surface area contributed by atoms with Gasteiger partial charge in [-0.05, 0) is 18.1 Å². The summed E-state index contributed by atoms with van der Waals surface area (Å²) in [5, 5.41) is 18.9. The number of hydrogen-bond acceptors (Lipinski definition) is 3. The largest absolute Gasteiger partial charge is 0.481 e. The molecule has 5 nitrogen and oxygen atoms in total. The standard InChI is InChI=1S/C9H8FNO4/c1-5-6(3-9(12)13)2-7(11(14)15)4-8(5)10/h2,4H,3H2,1H3,(H,12,13). The first-order chi connectivity index (χ1) is 6.91. The topological polar surface area (TPSA) is 80.4 Å². The molecule has 15 heavy (non-hydrogen) atoms. The van der Waals surface area contributed by atoms with E-state index in [2.05, 4.69) is 0 Å². The van der Waals surface area contributed by atoms with E-state index in [4.69, 9.17) is 5.11 Å². The zero-order valence-electron chi connectivity index (χ0n) is 7.86. The highest BCUT2D eigenvalue weighted by atomic mass is 19.1. The summed E-state index contributed by atoms with van der Waals surface area (Å²) >= 11 is 0. The van der Waals surface area contributed by atoms with Crippen LogP contribution >= 0.6 is 0 Å². The van der Waals surface area contributed by atoms with Crippen LogP contribution in [-0.2, 0) is 11.2 Å². The van der Waals surface area contributed by atoms with E-state index in [1.807, 2.05) is 0 Å². The van der Waals surface area contributed by atoms with Gasteiger partial charge in [-0.1, -0.05) is 0 Å². The molecule has 0 unspecified atom stereocenters. The lowest BCUT2D eigenvalue weighted by molar-refractivity contribution is -0.385. The van der Waals surface area contributed by atoms with Gasteiger partial charge in [-0.15, -0.1) is 0 Å². The third-order valence-corrected chi connectivity index (χ3v) is 1.99. The third kappa shape index (κ3) is 2.49. The molecule has 0 amide bonds. The molecule has 0 saturated heterocycles. The molecule has 0 aliphatic rings. The van der Waals surface area contributed by atoms with Gasteiger partial charge < -0.3 is 5.11 Å². The molecular weight excluding hydrogens is 205 g/mol. The van der Waals surface area contributed by atoms with E-state index in [0.717, 1.165) is 12.1 Å². The van der Waals surface area contributed by atoms with E-state index >= 15 is 0 Å². The highest BCUT2D eigenvalue weighted by Crippen LogP contribution is 2.21. The van der Waals surface area contributed by atoms with Gasteiger partial charge in [-0.2, -0.15) is 0 Å². The molecule has 0 fully saturated rings. The molecule has 80 valence electrons. The summed E-state index contributed by atoms with van der Waals surface area (Å²) in [6, 6.07) is 1.85. The fourth-order valence-electron chi connectivity index (χ4n) is 1.17. The Morgan fingerprint density at radius 3 is 2.67 bits per heavy atom. The van der Waals surface area contributed by atoms with E-state index in [0.29, 0.717) is 0 Å². The minimum Gasteiger partial charge on any atom is -0.481 e. The van der Waals surface area contributed by atoms with Crippen molar-refractivity contribution in [3.63, 3.8) is 0 Å². The second kappa shape index (κ2) is 4.04. The maximum absolute atomic E-state index is 13.2. The number of carboxylic acid groups (broad SMARTS) is 1. The van der Waals surface area contributed by atoms with Crippen molar-refractivity contribution in [1.82, 2.24) is 0 Å². The second-order valence-electron chi connectivity index (χ2n) is 3.04. The van der Waals surface area contributed by atoms with Crippen molar-refractivity contribution in [2.45, 2.75) is 13.3 Å². The van der Waals surface area contributed by atoms with Crippen LogP contribution in [0.25, 0.3) is 0 Å². The molecule has 0 atom stereocenters. The van der Waals surface area contributed by atoms with Gasteiger partial charge in [-0.3, -0.25) is 14.9 Å². The zero-order chi connectivity index (χ0) is 11.6. The highest BCUT2D eigenvalue weighted by Gasteiger charge is 2.15. The van der Waals surface area contributed by atoms with Gasteiger partial charge in [0.25, 0.3) is 5.69 Å². The zero-order valence-corrected chi connectivity index (χ0v) is 7.86. The predicted molar refractivity (Wildman–Crippen MR) is 49.1 cm³/mol. The molecule has 0 bridgehead atoms. The van der Waals surface area contributed by atoms with Crippen molar-refractivity contribution < 1.29 is 19.2 Å². The van der Waals surface area contributed by atoms with Gasteiger partial charge in [0, 0.05) is 6.07 Å². The summed E-state index contributed by atoms with van der Waals surface area (Å²) in [7, 11) is 0. The summed E-state index contributed by atoms with van der Waals surface area (Å²) < 4.78 is 13.2. The second-order valence-corrected chi connectivity index (χ2v) is 3.04. The fraction of sp³-hybridized carbons (Fsp3) is 0.222. The molecule has 1 aromatic carbocycles. The van der Waals surface area contributed by atoms with Crippen LogP contribution in [0.5, 0.6) is 0 Å². The third-order valence-electron chi connectivity index (χ3n) is 1.99. The summed E-state index contributed by atoms with van der Waals surface area (Å²) in [5.41, 5.74) is -0.188. The van der Waals surface area contributed by atoms with Crippen molar-refractivity contribution in [3.05, 3.63) is 39.2 Å². The molecule has 1 N–H and O–H groups in total. The number of non-ortho nitro benzene ring substituents is 1. The van der Waals surface area contributed by atoms with Crippen LogP contribution in [0.4, 0.5) is 10.1 Å². The van der Waals surface area contributed by atoms with Crippen molar-refractivity contribution in [2.24, 2.45) is 0 Å². The monoisotopic (exact) mass is 213 g/mol. The predicted octanol–water partition coefficient (Wildman–Crippen LogP) is 1.67. The number of carboxylic acids is 1. The van der Waals surface area contributed by atoms with Crippen LogP contribution in [0.1, 0.15) is 11.1 Å². The van der Waals surface area contributed by atoms with Crippen LogP contribution in [0.15, 0.2) is 12.1 Å². The normalized spacial score (nSPS) is 10.0. The number of aliphatic carboxylic acids is 1. The lowest BCUT2D eigenvalue weighted by Crippen LogP contribution is -2.04. The van der Waals surface area contributed by atoms with Crippen molar-refractivity contribution in [3.8, 4) is 0 Å². The number of carbonyl (C=O) groups is 1. The summed E-state index contributed by atoms with van der Waals surface area (Å²) in [5.74, 6) is -1.92. The Hall–Kier alpha value is -1.98.